The molecule has 1 saturated heterocycles. The van der Waals surface area contributed by atoms with Gasteiger partial charge in [-0.1, -0.05) is 13.3 Å². The number of amides is 1. The summed E-state index contributed by atoms with van der Waals surface area (Å²) in [6.45, 7) is 4.63. The first-order valence-electron chi connectivity index (χ1n) is 7.89. The van der Waals surface area contributed by atoms with Gasteiger partial charge in [-0.05, 0) is 19.8 Å². The molecule has 1 fully saturated rings. The maximum absolute atomic E-state index is 12.6. The van der Waals surface area contributed by atoms with Crippen LogP contribution < -0.4 is 5.32 Å². The van der Waals surface area contributed by atoms with Gasteiger partial charge in [0.05, 0.1) is 11.5 Å². The lowest BCUT2D eigenvalue weighted by Crippen LogP contribution is -2.38. The summed E-state index contributed by atoms with van der Waals surface area (Å²) in [6.07, 6.45) is 2.57. The minimum atomic E-state index is -3.03. The molecule has 8 heteroatoms. The normalized spacial score (nSPS) is 19.5. The van der Waals surface area contributed by atoms with Crippen molar-refractivity contribution in [2.75, 3.05) is 30.4 Å². The largest absolute Gasteiger partial charge is 0.370 e. The van der Waals surface area contributed by atoms with E-state index in [1.165, 1.54) is 4.90 Å². The van der Waals surface area contributed by atoms with Gasteiger partial charge in [0.1, 0.15) is 17.3 Å². The molecule has 0 bridgehead atoms. The zero-order chi connectivity index (χ0) is 17.0. The van der Waals surface area contributed by atoms with Crippen molar-refractivity contribution in [1.82, 2.24) is 14.9 Å². The lowest BCUT2D eigenvalue weighted by atomic mass is 10.2. The van der Waals surface area contributed by atoms with Crippen LogP contribution in [-0.4, -0.2) is 60.3 Å². The van der Waals surface area contributed by atoms with Crippen molar-refractivity contribution >= 4 is 21.6 Å². The van der Waals surface area contributed by atoms with Crippen LogP contribution in [0.2, 0.25) is 0 Å². The predicted octanol–water partition coefficient (Wildman–Crippen LogP) is 1.26. The van der Waals surface area contributed by atoms with Gasteiger partial charge < -0.3 is 10.2 Å². The summed E-state index contributed by atoms with van der Waals surface area (Å²) in [4.78, 5) is 22.6. The molecule has 0 aliphatic carbocycles. The number of sulfone groups is 1. The molecule has 0 radical (unpaired) electrons. The first-order valence-corrected chi connectivity index (χ1v) is 9.71. The second-order valence-corrected chi connectivity index (χ2v) is 8.17. The standard InChI is InChI=1S/C15H24N4O3S/c1-4-5-7-16-14-9-13(17-11(2)18-14)15(20)19(3)12-6-8-23(21,22)10-12/h9,12H,4-8,10H2,1-3H3,(H,16,17,18). The fourth-order valence-corrected chi connectivity index (χ4v) is 4.36. The van der Waals surface area contributed by atoms with Gasteiger partial charge in [0.2, 0.25) is 0 Å². The second-order valence-electron chi connectivity index (χ2n) is 5.94. The molecule has 7 nitrogen and oxygen atoms in total. The number of nitrogens with zero attached hydrogens (tertiary/aromatic N) is 3. The third kappa shape index (κ3) is 4.63. The third-order valence-corrected chi connectivity index (χ3v) is 5.72. The molecular weight excluding hydrogens is 316 g/mol. The van der Waals surface area contributed by atoms with E-state index in [-0.39, 0.29) is 23.5 Å². The first-order chi connectivity index (χ1) is 10.8. The zero-order valence-electron chi connectivity index (χ0n) is 13.9. The molecule has 0 spiro atoms. The van der Waals surface area contributed by atoms with Crippen LogP contribution in [0.15, 0.2) is 6.07 Å². The van der Waals surface area contributed by atoms with E-state index in [4.69, 9.17) is 0 Å². The predicted molar refractivity (Wildman–Crippen MR) is 89.3 cm³/mol. The maximum atomic E-state index is 12.6. The van der Waals surface area contributed by atoms with Crippen LogP contribution in [0, 0.1) is 6.92 Å². The number of anilines is 1. The highest BCUT2D eigenvalue weighted by Gasteiger charge is 2.33. The minimum Gasteiger partial charge on any atom is -0.370 e. The van der Waals surface area contributed by atoms with Gasteiger partial charge in [-0.3, -0.25) is 4.79 Å². The molecule has 1 amide bonds. The molecule has 1 aliphatic heterocycles. The van der Waals surface area contributed by atoms with Crippen molar-refractivity contribution in [2.24, 2.45) is 0 Å². The Kier molecular flexibility index (Phi) is 5.56. The third-order valence-electron chi connectivity index (χ3n) is 3.97. The van der Waals surface area contributed by atoms with E-state index in [9.17, 15) is 13.2 Å². The Morgan fingerprint density at radius 3 is 2.78 bits per heavy atom. The minimum absolute atomic E-state index is 0.0287. The molecule has 128 valence electrons. The van der Waals surface area contributed by atoms with Crippen LogP contribution in [0.5, 0.6) is 0 Å². The molecule has 0 saturated carbocycles. The van der Waals surface area contributed by atoms with Crippen LogP contribution in [0.25, 0.3) is 0 Å². The van der Waals surface area contributed by atoms with E-state index in [0.29, 0.717) is 23.8 Å². The molecule has 1 N–H and O–H groups in total. The summed E-state index contributed by atoms with van der Waals surface area (Å²) >= 11 is 0. The summed E-state index contributed by atoms with van der Waals surface area (Å²) in [5.41, 5.74) is 0.295. The van der Waals surface area contributed by atoms with Crippen LogP contribution in [-0.2, 0) is 9.84 Å². The van der Waals surface area contributed by atoms with Crippen LogP contribution >= 0.6 is 0 Å². The van der Waals surface area contributed by atoms with E-state index in [0.717, 1.165) is 19.4 Å². The lowest BCUT2D eigenvalue weighted by Gasteiger charge is -2.23. The highest BCUT2D eigenvalue weighted by molar-refractivity contribution is 7.91. The highest BCUT2D eigenvalue weighted by Crippen LogP contribution is 2.19. The Hall–Kier alpha value is -1.70. The number of nitrogens with one attached hydrogen (secondary N) is 1. The zero-order valence-corrected chi connectivity index (χ0v) is 14.7. The van der Waals surface area contributed by atoms with Crippen molar-refractivity contribution in [1.29, 1.82) is 0 Å². The molecule has 1 atom stereocenters. The molecular formula is C15H24N4O3S. The van der Waals surface area contributed by atoms with E-state index >= 15 is 0 Å². The number of carbonyl (C=O) groups excluding carboxylic acids is 1. The van der Waals surface area contributed by atoms with Crippen molar-refractivity contribution in [3.8, 4) is 0 Å². The topological polar surface area (TPSA) is 92.3 Å². The van der Waals surface area contributed by atoms with Crippen LogP contribution in [0.1, 0.15) is 42.5 Å². The second kappa shape index (κ2) is 7.25. The summed E-state index contributed by atoms with van der Waals surface area (Å²) in [7, 11) is -1.39. The van der Waals surface area contributed by atoms with Gasteiger partial charge >= 0.3 is 0 Å². The first kappa shape index (κ1) is 17.7. The lowest BCUT2D eigenvalue weighted by molar-refractivity contribution is 0.0741. The fraction of sp³-hybridized carbons (Fsp3) is 0.667. The Bertz CT molecular complexity index is 675. The van der Waals surface area contributed by atoms with Crippen molar-refractivity contribution in [2.45, 2.75) is 39.2 Å². The van der Waals surface area contributed by atoms with Gasteiger partial charge in [0, 0.05) is 25.7 Å². The van der Waals surface area contributed by atoms with Crippen molar-refractivity contribution in [3.63, 3.8) is 0 Å². The summed E-state index contributed by atoms with van der Waals surface area (Å²) in [5.74, 6) is 1.04. The Balaban J connectivity index is 2.12. The Morgan fingerprint density at radius 1 is 1.43 bits per heavy atom. The number of aryl methyl sites for hydroxylation is 1. The van der Waals surface area contributed by atoms with Crippen LogP contribution in [0.4, 0.5) is 5.82 Å². The molecule has 1 aromatic heterocycles. The SMILES string of the molecule is CCCCNc1cc(C(=O)N(C)C2CCS(=O)(=O)C2)nc(C)n1. The van der Waals surface area contributed by atoms with E-state index in [1.807, 2.05) is 0 Å². The molecule has 2 heterocycles. The quantitative estimate of drug-likeness (QED) is 0.784. The smallest absolute Gasteiger partial charge is 0.272 e. The average Bonchev–Trinajstić information content (AvgIpc) is 2.85. The number of carbonyl (C=O) groups is 1. The summed E-state index contributed by atoms with van der Waals surface area (Å²) in [5, 5.41) is 3.19. The molecule has 0 aromatic carbocycles. The molecule has 2 rings (SSSR count). The number of unbranched alkanes of at least 4 members (excludes halogenated alkanes) is 1. The molecule has 1 aliphatic rings. The van der Waals surface area contributed by atoms with E-state index < -0.39 is 9.84 Å². The highest BCUT2D eigenvalue weighted by atomic mass is 32.2. The summed E-state index contributed by atoms with van der Waals surface area (Å²) < 4.78 is 23.2. The monoisotopic (exact) mass is 340 g/mol. The van der Waals surface area contributed by atoms with Crippen LogP contribution in [0.3, 0.4) is 0 Å². The maximum Gasteiger partial charge on any atom is 0.272 e. The Morgan fingerprint density at radius 2 is 2.17 bits per heavy atom. The van der Waals surface area contributed by atoms with E-state index in [1.54, 1.807) is 20.0 Å². The molecule has 1 aromatic rings. The number of hydrogen-bond acceptors (Lipinski definition) is 6. The van der Waals surface area contributed by atoms with E-state index in [2.05, 4.69) is 22.2 Å². The molecule has 23 heavy (non-hydrogen) atoms. The number of hydrogen-bond donors (Lipinski definition) is 1. The average molecular weight is 340 g/mol. The van der Waals surface area contributed by atoms with Gasteiger partial charge in [-0.25, -0.2) is 18.4 Å². The summed E-state index contributed by atoms with van der Waals surface area (Å²) in [6, 6.07) is 1.35. The fourth-order valence-electron chi connectivity index (χ4n) is 2.59. The molecule has 1 unspecified atom stereocenters. The van der Waals surface area contributed by atoms with Gasteiger partial charge in [-0.15, -0.1) is 0 Å². The van der Waals surface area contributed by atoms with Gasteiger partial charge in [0.25, 0.3) is 5.91 Å². The number of aromatic nitrogens is 2. The van der Waals surface area contributed by atoms with Gasteiger partial charge in [0.15, 0.2) is 9.84 Å². The van der Waals surface area contributed by atoms with Crippen molar-refractivity contribution in [3.05, 3.63) is 17.6 Å². The van der Waals surface area contributed by atoms with Gasteiger partial charge in [-0.2, -0.15) is 0 Å². The Labute approximate surface area is 137 Å². The van der Waals surface area contributed by atoms with Crippen molar-refractivity contribution < 1.29 is 13.2 Å². The number of rotatable bonds is 6.